The van der Waals surface area contributed by atoms with Crippen LogP contribution in [0.25, 0.3) is 0 Å². The Balaban J connectivity index is 1.39. The van der Waals surface area contributed by atoms with Crippen LogP contribution in [0.1, 0.15) is 32.7 Å². The van der Waals surface area contributed by atoms with Crippen molar-refractivity contribution in [1.29, 1.82) is 0 Å². The summed E-state index contributed by atoms with van der Waals surface area (Å²) in [5.41, 5.74) is 3.77. The second-order valence-corrected chi connectivity index (χ2v) is 7.90. The van der Waals surface area contributed by atoms with Gasteiger partial charge in [0, 0.05) is 56.1 Å². The molecule has 6 nitrogen and oxygen atoms in total. The molecule has 2 fully saturated rings. The minimum atomic E-state index is 0.000874. The maximum atomic E-state index is 13.0. The average Bonchev–Trinajstić information content (AvgIpc) is 3.05. The van der Waals surface area contributed by atoms with Crippen LogP contribution in [0.15, 0.2) is 48.5 Å². The quantitative estimate of drug-likeness (QED) is 0.785. The molecule has 2 aliphatic rings. The lowest BCUT2D eigenvalue weighted by Crippen LogP contribution is -2.40. The first-order chi connectivity index (χ1) is 14.6. The van der Waals surface area contributed by atoms with Crippen LogP contribution < -0.4 is 4.90 Å². The van der Waals surface area contributed by atoms with Gasteiger partial charge < -0.3 is 19.4 Å². The van der Waals surface area contributed by atoms with E-state index in [0.29, 0.717) is 44.0 Å². The lowest BCUT2D eigenvalue weighted by atomic mass is 10.1. The molecule has 0 radical (unpaired) electrons. The van der Waals surface area contributed by atoms with E-state index in [9.17, 15) is 9.59 Å². The summed E-state index contributed by atoms with van der Waals surface area (Å²) >= 11 is 0. The molecule has 0 aliphatic carbocycles. The number of aryl methyl sites for hydroxylation is 1. The van der Waals surface area contributed by atoms with E-state index in [-0.39, 0.29) is 11.8 Å². The van der Waals surface area contributed by atoms with Crippen molar-refractivity contribution in [2.45, 2.75) is 13.3 Å². The second kappa shape index (κ2) is 9.30. The highest BCUT2D eigenvalue weighted by atomic mass is 16.5. The lowest BCUT2D eigenvalue weighted by molar-refractivity contribution is 0.0303. The van der Waals surface area contributed by atoms with E-state index in [1.807, 2.05) is 4.90 Å². The van der Waals surface area contributed by atoms with Gasteiger partial charge in [-0.3, -0.25) is 9.59 Å². The summed E-state index contributed by atoms with van der Waals surface area (Å²) < 4.78 is 5.31. The Bertz CT molecular complexity index is 891. The molecule has 2 aliphatic heterocycles. The van der Waals surface area contributed by atoms with Crippen molar-refractivity contribution in [3.8, 4) is 0 Å². The number of ether oxygens (including phenoxy) is 1. The van der Waals surface area contributed by atoms with Crippen LogP contribution >= 0.6 is 0 Å². The fourth-order valence-electron chi connectivity index (χ4n) is 4.17. The van der Waals surface area contributed by atoms with Gasteiger partial charge in [0.05, 0.1) is 13.2 Å². The number of para-hydroxylation sites is 1. The van der Waals surface area contributed by atoms with Gasteiger partial charge in [-0.2, -0.15) is 0 Å². The minimum Gasteiger partial charge on any atom is -0.378 e. The second-order valence-electron chi connectivity index (χ2n) is 7.90. The van der Waals surface area contributed by atoms with Gasteiger partial charge in [0.15, 0.2) is 0 Å². The van der Waals surface area contributed by atoms with Crippen molar-refractivity contribution in [1.82, 2.24) is 9.80 Å². The Hall–Kier alpha value is -2.86. The number of nitrogens with zero attached hydrogens (tertiary/aromatic N) is 3. The lowest BCUT2D eigenvalue weighted by Gasteiger charge is -2.27. The summed E-state index contributed by atoms with van der Waals surface area (Å²) in [5, 5.41) is 0. The number of carbonyl (C=O) groups excluding carboxylic acids is 2. The van der Waals surface area contributed by atoms with Crippen molar-refractivity contribution in [3.63, 3.8) is 0 Å². The summed E-state index contributed by atoms with van der Waals surface area (Å²) in [6, 6.07) is 15.5. The van der Waals surface area contributed by atoms with Crippen molar-refractivity contribution in [2.24, 2.45) is 0 Å². The largest absolute Gasteiger partial charge is 0.378 e. The van der Waals surface area contributed by atoms with Crippen molar-refractivity contribution in [3.05, 3.63) is 65.2 Å². The van der Waals surface area contributed by atoms with Gasteiger partial charge in [0.2, 0.25) is 0 Å². The zero-order chi connectivity index (χ0) is 20.9. The third-order valence-corrected chi connectivity index (χ3v) is 5.92. The zero-order valence-electron chi connectivity index (χ0n) is 17.5. The molecular formula is C24H29N3O3. The van der Waals surface area contributed by atoms with Gasteiger partial charge in [-0.1, -0.05) is 18.2 Å². The first-order valence-electron chi connectivity index (χ1n) is 10.7. The van der Waals surface area contributed by atoms with E-state index < -0.39 is 0 Å². The number of rotatable bonds is 3. The molecule has 0 saturated carbocycles. The number of hydrogen-bond acceptors (Lipinski definition) is 4. The Morgan fingerprint density at radius 1 is 0.733 bits per heavy atom. The van der Waals surface area contributed by atoms with Crippen molar-refractivity contribution < 1.29 is 14.3 Å². The number of morpholine rings is 1. The summed E-state index contributed by atoms with van der Waals surface area (Å²) in [5.74, 6) is 0.0351. The third kappa shape index (κ3) is 4.49. The number of anilines is 1. The number of benzene rings is 2. The van der Waals surface area contributed by atoms with E-state index in [0.717, 1.165) is 26.1 Å². The Labute approximate surface area is 178 Å². The molecule has 0 N–H and O–H groups in total. The molecule has 2 amide bonds. The molecule has 0 atom stereocenters. The Morgan fingerprint density at radius 2 is 1.33 bits per heavy atom. The number of amides is 2. The van der Waals surface area contributed by atoms with Crippen LogP contribution in [0.2, 0.25) is 0 Å². The van der Waals surface area contributed by atoms with Gasteiger partial charge in [-0.05, 0) is 49.2 Å². The maximum Gasteiger partial charge on any atom is 0.254 e. The zero-order valence-corrected chi connectivity index (χ0v) is 17.5. The molecule has 2 saturated heterocycles. The number of carbonyl (C=O) groups is 2. The predicted octanol–water partition coefficient (Wildman–Crippen LogP) is 2.82. The predicted molar refractivity (Wildman–Crippen MR) is 117 cm³/mol. The fourth-order valence-corrected chi connectivity index (χ4v) is 4.17. The standard InChI is InChI=1S/C24H29N3O3/c1-19-5-2-3-6-22(19)25-11-4-12-26(14-13-25)23(28)20-7-9-21(10-8-20)24(29)27-15-17-30-18-16-27/h2-3,5-10H,4,11-18H2,1H3. The molecule has 2 aromatic carbocycles. The Kier molecular flexibility index (Phi) is 6.33. The highest BCUT2D eigenvalue weighted by molar-refractivity contribution is 5.98. The molecular weight excluding hydrogens is 378 g/mol. The van der Waals surface area contributed by atoms with Crippen LogP contribution in [0.3, 0.4) is 0 Å². The summed E-state index contributed by atoms with van der Waals surface area (Å²) in [6.45, 7) is 7.73. The molecule has 2 heterocycles. The summed E-state index contributed by atoms with van der Waals surface area (Å²) in [7, 11) is 0. The summed E-state index contributed by atoms with van der Waals surface area (Å²) in [6.07, 6.45) is 0.938. The summed E-state index contributed by atoms with van der Waals surface area (Å²) in [4.78, 5) is 31.7. The fraction of sp³-hybridized carbons (Fsp3) is 0.417. The molecule has 30 heavy (non-hydrogen) atoms. The van der Waals surface area contributed by atoms with Crippen LogP contribution in [-0.2, 0) is 4.74 Å². The number of hydrogen-bond donors (Lipinski definition) is 0. The smallest absolute Gasteiger partial charge is 0.254 e. The normalized spacial score (nSPS) is 17.6. The molecule has 6 heteroatoms. The van der Waals surface area contributed by atoms with Gasteiger partial charge in [0.25, 0.3) is 11.8 Å². The highest BCUT2D eigenvalue weighted by Gasteiger charge is 2.22. The topological polar surface area (TPSA) is 53.1 Å². The van der Waals surface area contributed by atoms with Crippen molar-refractivity contribution >= 4 is 17.5 Å². The molecule has 0 bridgehead atoms. The van der Waals surface area contributed by atoms with Gasteiger partial charge in [-0.25, -0.2) is 0 Å². The third-order valence-electron chi connectivity index (χ3n) is 5.92. The highest BCUT2D eigenvalue weighted by Crippen LogP contribution is 2.21. The van der Waals surface area contributed by atoms with E-state index in [1.54, 1.807) is 29.2 Å². The van der Waals surface area contributed by atoms with Crippen molar-refractivity contribution in [2.75, 3.05) is 57.4 Å². The van der Waals surface area contributed by atoms with E-state index >= 15 is 0 Å². The van der Waals surface area contributed by atoms with E-state index in [1.165, 1.54) is 11.3 Å². The monoisotopic (exact) mass is 407 g/mol. The van der Waals surface area contributed by atoms with Crippen LogP contribution in [0.5, 0.6) is 0 Å². The van der Waals surface area contributed by atoms with Crippen LogP contribution in [-0.4, -0.2) is 74.1 Å². The van der Waals surface area contributed by atoms with Gasteiger partial charge in [0.1, 0.15) is 0 Å². The molecule has 4 rings (SSSR count). The average molecular weight is 408 g/mol. The minimum absolute atomic E-state index is 0.000874. The van der Waals surface area contributed by atoms with E-state index in [2.05, 4.69) is 36.1 Å². The van der Waals surface area contributed by atoms with Gasteiger partial charge >= 0.3 is 0 Å². The Morgan fingerprint density at radius 3 is 1.97 bits per heavy atom. The molecule has 0 unspecified atom stereocenters. The molecule has 2 aromatic rings. The van der Waals surface area contributed by atoms with Gasteiger partial charge in [-0.15, -0.1) is 0 Å². The maximum absolute atomic E-state index is 13.0. The molecule has 158 valence electrons. The molecule has 0 aromatic heterocycles. The molecule has 0 spiro atoms. The van der Waals surface area contributed by atoms with Crippen LogP contribution in [0.4, 0.5) is 5.69 Å². The first-order valence-corrected chi connectivity index (χ1v) is 10.7. The SMILES string of the molecule is Cc1ccccc1N1CCCN(C(=O)c2ccc(C(=O)N3CCOCC3)cc2)CC1. The van der Waals surface area contributed by atoms with Crippen LogP contribution in [0, 0.1) is 6.92 Å². The van der Waals surface area contributed by atoms with E-state index in [4.69, 9.17) is 4.74 Å². The first kappa shape index (κ1) is 20.4.